The summed E-state index contributed by atoms with van der Waals surface area (Å²) in [4.78, 5) is 11.5. The van der Waals surface area contributed by atoms with Crippen molar-refractivity contribution in [3.63, 3.8) is 0 Å². The van der Waals surface area contributed by atoms with Crippen LogP contribution < -0.4 is 4.74 Å². The van der Waals surface area contributed by atoms with E-state index in [4.69, 9.17) is 4.74 Å². The average molecular weight is 366 g/mol. The second kappa shape index (κ2) is 5.28. The molecule has 0 saturated carbocycles. The molecule has 0 radical (unpaired) electrons. The number of halogens is 9. The lowest BCUT2D eigenvalue weighted by Crippen LogP contribution is -2.63. The van der Waals surface area contributed by atoms with Crippen LogP contribution in [0.25, 0.3) is 0 Å². The normalized spacial score (nSPS) is 15.9. The summed E-state index contributed by atoms with van der Waals surface area (Å²) in [5.41, 5.74) is -0.954. The highest BCUT2D eigenvalue weighted by Gasteiger charge is 2.83. The molecule has 0 saturated heterocycles. The second-order valence-electron chi connectivity index (χ2n) is 4.97. The Balaban J connectivity index is 2.43. The molecule has 0 unspecified atom stereocenters. The lowest BCUT2D eigenvalue weighted by Gasteiger charge is -2.32. The number of carbonyl (C=O) groups excluding carboxylic acids is 1. The van der Waals surface area contributed by atoms with Crippen LogP contribution in [0.15, 0.2) is 18.2 Å². The maximum absolute atomic E-state index is 13.5. The number of ketones is 1. The minimum absolute atomic E-state index is 0.117. The molecular formula is C13H7F9O2. The molecule has 1 aliphatic rings. The number of benzene rings is 1. The third-order valence-electron chi connectivity index (χ3n) is 3.38. The number of alkyl halides is 9. The molecule has 11 heteroatoms. The smallest absolute Gasteiger partial charge is 0.460 e. The Morgan fingerprint density at radius 2 is 1.50 bits per heavy atom. The number of rotatable bonds is 4. The van der Waals surface area contributed by atoms with Crippen molar-refractivity contribution in [1.29, 1.82) is 0 Å². The fraction of sp³-hybridized carbons (Fsp3) is 0.462. The molecule has 0 spiro atoms. The van der Waals surface area contributed by atoms with Gasteiger partial charge in [0, 0.05) is 12.0 Å². The van der Waals surface area contributed by atoms with E-state index in [2.05, 4.69) is 0 Å². The zero-order chi connectivity index (χ0) is 18.6. The fourth-order valence-electron chi connectivity index (χ4n) is 2.03. The van der Waals surface area contributed by atoms with Crippen molar-refractivity contribution in [2.45, 2.75) is 30.4 Å². The Labute approximate surface area is 128 Å². The summed E-state index contributed by atoms with van der Waals surface area (Å²) in [6, 6.07) is 2.24. The summed E-state index contributed by atoms with van der Waals surface area (Å²) in [6.45, 7) is 0.117. The SMILES string of the molecule is O=C(c1ccc2c(c1)CCO2)C(F)(F)C(F)(F)C(F)(F)C(F)(F)F. The molecule has 2 rings (SSSR count). The van der Waals surface area contributed by atoms with Gasteiger partial charge in [0.1, 0.15) is 5.75 Å². The van der Waals surface area contributed by atoms with Crippen LogP contribution in [0.3, 0.4) is 0 Å². The molecule has 1 aromatic rings. The van der Waals surface area contributed by atoms with Crippen molar-refractivity contribution in [1.82, 2.24) is 0 Å². The predicted molar refractivity (Wildman–Crippen MR) is 60.9 cm³/mol. The van der Waals surface area contributed by atoms with Gasteiger partial charge in [-0.25, -0.2) is 0 Å². The highest BCUT2D eigenvalue weighted by atomic mass is 19.4. The Bertz CT molecular complexity index is 664. The maximum Gasteiger partial charge on any atom is 0.460 e. The fourth-order valence-corrected chi connectivity index (χ4v) is 2.03. The van der Waals surface area contributed by atoms with E-state index in [1.165, 1.54) is 0 Å². The molecule has 0 fully saturated rings. The Morgan fingerprint density at radius 3 is 2.04 bits per heavy atom. The van der Waals surface area contributed by atoms with Crippen molar-refractivity contribution < 1.29 is 49.0 Å². The van der Waals surface area contributed by atoms with Gasteiger partial charge in [0.05, 0.1) is 6.61 Å². The molecule has 0 N–H and O–H groups in total. The van der Waals surface area contributed by atoms with E-state index >= 15 is 0 Å². The van der Waals surface area contributed by atoms with Crippen molar-refractivity contribution >= 4 is 5.78 Å². The van der Waals surface area contributed by atoms with Gasteiger partial charge in [0.25, 0.3) is 0 Å². The van der Waals surface area contributed by atoms with Crippen LogP contribution in [0.2, 0.25) is 0 Å². The summed E-state index contributed by atoms with van der Waals surface area (Å²) in [7, 11) is 0. The first-order valence-corrected chi connectivity index (χ1v) is 6.24. The van der Waals surface area contributed by atoms with Crippen LogP contribution >= 0.6 is 0 Å². The van der Waals surface area contributed by atoms with Crippen molar-refractivity contribution in [2.75, 3.05) is 6.61 Å². The van der Waals surface area contributed by atoms with Crippen LogP contribution in [-0.2, 0) is 6.42 Å². The molecule has 0 aliphatic carbocycles. The standard InChI is InChI=1S/C13H7F9O2/c14-10(15,11(16,17)12(18,19)13(20,21)22)9(23)7-1-2-8-6(5-7)3-4-24-8/h1-2,5H,3-4H2. The van der Waals surface area contributed by atoms with E-state index < -0.39 is 35.3 Å². The summed E-state index contributed by atoms with van der Waals surface area (Å²) in [6.07, 6.45) is -6.83. The first-order valence-electron chi connectivity index (χ1n) is 6.24. The number of hydrogen-bond acceptors (Lipinski definition) is 2. The Morgan fingerprint density at radius 1 is 0.917 bits per heavy atom. The van der Waals surface area contributed by atoms with Gasteiger partial charge in [-0.05, 0) is 23.8 Å². The molecule has 1 aliphatic heterocycles. The maximum atomic E-state index is 13.5. The van der Waals surface area contributed by atoms with Gasteiger partial charge in [-0.1, -0.05) is 0 Å². The summed E-state index contributed by atoms with van der Waals surface area (Å²) < 4.78 is 120. The third kappa shape index (κ3) is 2.49. The number of hydrogen-bond donors (Lipinski definition) is 0. The predicted octanol–water partition coefficient (Wildman–Crippen LogP) is 4.27. The molecule has 1 heterocycles. The van der Waals surface area contributed by atoms with E-state index in [9.17, 15) is 44.3 Å². The largest absolute Gasteiger partial charge is 0.493 e. The molecule has 0 bridgehead atoms. The summed E-state index contributed by atoms with van der Waals surface area (Å²) in [5.74, 6) is -23.0. The second-order valence-corrected chi connectivity index (χ2v) is 4.97. The van der Waals surface area contributed by atoms with Crippen LogP contribution in [0.5, 0.6) is 5.75 Å². The molecule has 1 aromatic carbocycles. The van der Waals surface area contributed by atoms with Crippen LogP contribution in [0, 0.1) is 0 Å². The molecule has 24 heavy (non-hydrogen) atoms. The molecule has 0 aromatic heterocycles. The van der Waals surface area contributed by atoms with Crippen molar-refractivity contribution in [2.24, 2.45) is 0 Å². The van der Waals surface area contributed by atoms with Crippen molar-refractivity contribution in [3.05, 3.63) is 29.3 Å². The first-order chi connectivity index (χ1) is 10.7. The average Bonchev–Trinajstić information content (AvgIpc) is 2.91. The van der Waals surface area contributed by atoms with Crippen LogP contribution in [-0.4, -0.2) is 36.3 Å². The number of ether oxygens (including phenoxy) is 1. The van der Waals surface area contributed by atoms with Crippen LogP contribution in [0.1, 0.15) is 15.9 Å². The monoisotopic (exact) mass is 366 g/mol. The molecule has 2 nitrogen and oxygen atoms in total. The topological polar surface area (TPSA) is 26.3 Å². The van der Waals surface area contributed by atoms with Gasteiger partial charge in [-0.2, -0.15) is 39.5 Å². The number of carbonyl (C=O) groups is 1. The van der Waals surface area contributed by atoms with Gasteiger partial charge in [0.15, 0.2) is 0 Å². The van der Waals surface area contributed by atoms with Gasteiger partial charge in [-0.3, -0.25) is 4.79 Å². The minimum atomic E-state index is -7.10. The molecular weight excluding hydrogens is 359 g/mol. The summed E-state index contributed by atoms with van der Waals surface area (Å²) >= 11 is 0. The van der Waals surface area contributed by atoms with E-state index in [0.717, 1.165) is 6.07 Å². The molecule has 0 amide bonds. The van der Waals surface area contributed by atoms with E-state index in [1.54, 1.807) is 0 Å². The number of fused-ring (bicyclic) bond motifs is 1. The van der Waals surface area contributed by atoms with Gasteiger partial charge < -0.3 is 4.74 Å². The molecule has 0 atom stereocenters. The lowest BCUT2D eigenvalue weighted by molar-refractivity contribution is -0.386. The summed E-state index contributed by atoms with van der Waals surface area (Å²) in [5, 5.41) is 0. The van der Waals surface area contributed by atoms with E-state index in [-0.39, 0.29) is 24.3 Å². The highest BCUT2D eigenvalue weighted by Crippen LogP contribution is 2.53. The highest BCUT2D eigenvalue weighted by molar-refractivity contribution is 6.02. The number of Topliss-reactive ketones (excluding diaryl/α,β-unsaturated/α-hetero) is 1. The van der Waals surface area contributed by atoms with E-state index in [0.29, 0.717) is 12.1 Å². The zero-order valence-electron chi connectivity index (χ0n) is 11.4. The quantitative estimate of drug-likeness (QED) is 0.588. The van der Waals surface area contributed by atoms with Crippen molar-refractivity contribution in [3.8, 4) is 5.75 Å². The van der Waals surface area contributed by atoms with Gasteiger partial charge in [0.2, 0.25) is 5.78 Å². The first kappa shape index (κ1) is 18.4. The Kier molecular flexibility index (Phi) is 4.05. The van der Waals surface area contributed by atoms with E-state index in [1.807, 2.05) is 0 Å². The third-order valence-corrected chi connectivity index (χ3v) is 3.38. The van der Waals surface area contributed by atoms with Crippen LogP contribution in [0.4, 0.5) is 39.5 Å². The Hall–Kier alpha value is -1.94. The van der Waals surface area contributed by atoms with Gasteiger partial charge in [-0.15, -0.1) is 0 Å². The lowest BCUT2D eigenvalue weighted by atomic mass is 9.94. The van der Waals surface area contributed by atoms with Gasteiger partial charge >= 0.3 is 23.9 Å². The zero-order valence-corrected chi connectivity index (χ0v) is 11.4. The molecule has 134 valence electrons. The minimum Gasteiger partial charge on any atom is -0.493 e.